The number of methoxy groups -OCH3 is 6. The van der Waals surface area contributed by atoms with Crippen molar-refractivity contribution in [3.05, 3.63) is 323 Å². The van der Waals surface area contributed by atoms with Gasteiger partial charge in [-0.2, -0.15) is 0 Å². The summed E-state index contributed by atoms with van der Waals surface area (Å²) in [5, 5.41) is 1.68. The molecule has 0 saturated carbocycles. The number of esters is 7. The second kappa shape index (κ2) is 38.9. The molecule has 0 atom stereocenters. The first-order valence-electron chi connectivity index (χ1n) is 33.3. The summed E-state index contributed by atoms with van der Waals surface area (Å²) >= 11 is 0. The molecule has 0 fully saturated rings. The Labute approximate surface area is 623 Å². The minimum Gasteiger partial charge on any atom is -0.497 e. The second-order valence-electron chi connectivity index (χ2n) is 22.9. The average molecular weight is 1460 g/mol. The molecule has 21 nitrogen and oxygen atoms in total. The van der Waals surface area contributed by atoms with E-state index in [0.29, 0.717) is 126 Å². The van der Waals surface area contributed by atoms with Gasteiger partial charge in [-0.1, -0.05) is 29.8 Å². The van der Waals surface area contributed by atoms with E-state index in [0.717, 1.165) is 22.1 Å². The van der Waals surface area contributed by atoms with Crippen molar-refractivity contribution in [3.63, 3.8) is 0 Å². The Hall–Kier alpha value is -14.2. The molecule has 0 spiro atoms. The van der Waals surface area contributed by atoms with Crippen molar-refractivity contribution in [2.75, 3.05) is 49.3 Å². The van der Waals surface area contributed by atoms with Crippen LogP contribution in [0.5, 0.6) is 80.5 Å². The van der Waals surface area contributed by atoms with Gasteiger partial charge in [0.25, 0.3) is 0 Å². The lowest BCUT2D eigenvalue weighted by Gasteiger charge is -2.10. The lowest BCUT2D eigenvalue weighted by Crippen LogP contribution is -2.10. The number of rotatable bonds is 22. The van der Waals surface area contributed by atoms with Gasteiger partial charge in [-0.15, -0.1) is 0 Å². The van der Waals surface area contributed by atoms with E-state index in [4.69, 9.17) is 66.3 Å². The number of hydrogen-bond donors (Lipinski definition) is 0. The Bertz CT molecular complexity index is 4820. The smallest absolute Gasteiger partial charge is 0.343 e. The van der Waals surface area contributed by atoms with Crippen molar-refractivity contribution < 1.29 is 99.9 Å². The molecule has 0 saturated heterocycles. The van der Waals surface area contributed by atoms with Gasteiger partial charge in [0.2, 0.25) is 0 Å². The molecule has 0 aliphatic carbocycles. The molecular weight excluding hydrogens is 1380 g/mol. The second-order valence-corrected chi connectivity index (χ2v) is 22.9. The van der Waals surface area contributed by atoms with Crippen LogP contribution in [0.3, 0.4) is 0 Å². The normalized spacial score (nSPS) is 10.2. The summed E-state index contributed by atoms with van der Waals surface area (Å²) in [6, 6.07) is 75.6. The van der Waals surface area contributed by atoms with Crippen molar-refractivity contribution in [2.24, 2.45) is 0 Å². The highest BCUT2D eigenvalue weighted by Crippen LogP contribution is 2.30. The zero-order valence-electron chi connectivity index (χ0n) is 60.3. The topological polar surface area (TPSA) is 249 Å². The first-order chi connectivity index (χ1) is 52.3. The van der Waals surface area contributed by atoms with E-state index in [9.17, 15) is 33.6 Å². The molecule has 0 N–H and O–H groups in total. The van der Waals surface area contributed by atoms with Crippen LogP contribution in [0.4, 0.5) is 0 Å². The third kappa shape index (κ3) is 22.9. The van der Waals surface area contributed by atoms with Gasteiger partial charge in [0.1, 0.15) is 80.5 Å². The summed E-state index contributed by atoms with van der Waals surface area (Å²) in [7, 11) is 9.34. The highest BCUT2D eigenvalue weighted by atomic mass is 16.6. The molecule has 0 radical (unpaired) electrons. The molecule has 0 unspecified atom stereocenters. The van der Waals surface area contributed by atoms with Crippen LogP contribution in [0.1, 0.15) is 90.6 Å². The Balaban J connectivity index is 0.000000169. The number of fused-ring (bicyclic) bond motifs is 1. The Morgan fingerprint density at radius 3 is 0.676 bits per heavy atom. The molecular formula is C87H74O21. The maximum absolute atomic E-state index is 12.4. The van der Waals surface area contributed by atoms with E-state index < -0.39 is 35.8 Å². The highest BCUT2D eigenvalue weighted by molar-refractivity contribution is 5.96. The van der Waals surface area contributed by atoms with Crippen LogP contribution in [-0.4, -0.2) is 91.1 Å². The molecule has 0 aromatic heterocycles. The van der Waals surface area contributed by atoms with Crippen molar-refractivity contribution >= 4 is 52.6 Å². The van der Waals surface area contributed by atoms with Crippen LogP contribution in [0.15, 0.2) is 273 Å². The predicted molar refractivity (Wildman–Crippen MR) is 403 cm³/mol. The zero-order valence-corrected chi connectivity index (χ0v) is 60.3. The third-order valence-corrected chi connectivity index (χ3v) is 15.6. The summed E-state index contributed by atoms with van der Waals surface area (Å²) in [4.78, 5) is 85.5. The minimum atomic E-state index is -0.495. The van der Waals surface area contributed by atoms with Gasteiger partial charge in [-0.3, -0.25) is 0 Å². The summed E-state index contributed by atoms with van der Waals surface area (Å²) in [6.45, 7) is 6.27. The van der Waals surface area contributed by atoms with Crippen molar-refractivity contribution in [2.45, 2.75) is 20.8 Å². The van der Waals surface area contributed by atoms with Crippen LogP contribution >= 0.6 is 0 Å². The Morgan fingerprint density at radius 2 is 0.426 bits per heavy atom. The predicted octanol–water partition coefficient (Wildman–Crippen LogP) is 17.5. The number of benzene rings is 12. The number of hydrogen-bond acceptors (Lipinski definition) is 21. The van der Waals surface area contributed by atoms with Crippen LogP contribution < -0.4 is 66.3 Å². The van der Waals surface area contributed by atoms with E-state index in [1.807, 2.05) is 26.0 Å². The van der Waals surface area contributed by atoms with Gasteiger partial charge >= 0.3 is 41.8 Å². The van der Waals surface area contributed by atoms with Gasteiger partial charge in [-0.05, 0) is 286 Å². The summed E-state index contributed by atoms with van der Waals surface area (Å²) in [6.07, 6.45) is 0. The number of ether oxygens (including phenoxy) is 14. The largest absolute Gasteiger partial charge is 0.497 e. The molecule has 0 aliphatic rings. The fourth-order valence-corrected chi connectivity index (χ4v) is 9.68. The maximum atomic E-state index is 12.4. The van der Waals surface area contributed by atoms with Gasteiger partial charge in [-0.25, -0.2) is 33.6 Å². The molecule has 108 heavy (non-hydrogen) atoms. The number of aryl methyl sites for hydroxylation is 2. The standard InChI is InChI=1S/C26H20O6.C23H20O6.C22H18O6.C16H16O3/c1-29-21-9-3-17(4-10-21)25(27)31-23-13-7-20-16-24(14-8-19(20)15-23)32-26(28)18-5-11-22(30-2)12-6-18;1-15-14-20(28-22(24)16-4-8-18(26-2)9-5-16)12-13-21(15)29-23(25)17-6-10-19(27-3)11-7-17;1-25-17-7-3-15(4-8-17)21(23)27-19-11-13-20(14-12-19)28-22(24)16-5-9-18(26-2)10-6-16;1-3-18-14-10-6-13(7-11-14)16(17)19-15-8-4-12(2)5-9-15/h3-16H,1-2H3;4-14H,1-3H3;3-14H,1-2H3;4-11H,3H2,1-2H3. The summed E-state index contributed by atoms with van der Waals surface area (Å²) in [5.74, 6) is 4.22. The monoisotopic (exact) mass is 1450 g/mol. The summed E-state index contributed by atoms with van der Waals surface area (Å²) in [5.41, 5.74) is 4.74. The molecule has 0 amide bonds. The van der Waals surface area contributed by atoms with Gasteiger partial charge in [0.15, 0.2) is 0 Å². The summed E-state index contributed by atoms with van der Waals surface area (Å²) < 4.78 is 73.5. The van der Waals surface area contributed by atoms with Crippen LogP contribution in [0, 0.1) is 13.8 Å². The molecule has 0 heterocycles. The van der Waals surface area contributed by atoms with Crippen molar-refractivity contribution in [1.82, 2.24) is 0 Å². The van der Waals surface area contributed by atoms with Crippen molar-refractivity contribution in [3.8, 4) is 80.5 Å². The molecule has 12 rings (SSSR count). The maximum Gasteiger partial charge on any atom is 0.343 e. The van der Waals surface area contributed by atoms with Crippen LogP contribution in [-0.2, 0) is 0 Å². The molecule has 548 valence electrons. The lowest BCUT2D eigenvalue weighted by molar-refractivity contribution is 0.0718. The first-order valence-corrected chi connectivity index (χ1v) is 33.3. The highest BCUT2D eigenvalue weighted by Gasteiger charge is 2.18. The van der Waals surface area contributed by atoms with Gasteiger partial charge < -0.3 is 66.3 Å². The number of carbonyl (C=O) groups excluding carboxylic acids is 7. The third-order valence-electron chi connectivity index (χ3n) is 15.6. The first kappa shape index (κ1) is 77.9. The molecule has 12 aromatic rings. The van der Waals surface area contributed by atoms with Gasteiger partial charge in [0.05, 0.1) is 88.2 Å². The zero-order chi connectivity index (χ0) is 76.9. The van der Waals surface area contributed by atoms with Gasteiger partial charge in [0, 0.05) is 0 Å². The van der Waals surface area contributed by atoms with E-state index >= 15 is 0 Å². The fourth-order valence-electron chi connectivity index (χ4n) is 9.68. The van der Waals surface area contributed by atoms with E-state index in [2.05, 4.69) is 0 Å². The molecule has 12 aromatic carbocycles. The fraction of sp³-hybridized carbons (Fsp3) is 0.115. The van der Waals surface area contributed by atoms with E-state index in [-0.39, 0.29) is 5.97 Å². The molecule has 21 heteroatoms. The molecule has 0 bridgehead atoms. The lowest BCUT2D eigenvalue weighted by atomic mass is 10.1. The number of carbonyl (C=O) groups is 7. The Kier molecular flexibility index (Phi) is 28.1. The SMILES string of the molecule is CCOc1ccc(C(=O)Oc2ccc(C)cc2)cc1.COc1ccc(C(=O)Oc2ccc(OC(=O)c3ccc(OC)cc3)c(C)c2)cc1.COc1ccc(C(=O)Oc2ccc(OC(=O)c3ccc(OC)cc3)cc2)cc1.COc1ccc(C(=O)Oc2ccc3cc(OC(=O)c4ccc(OC)cc4)ccc3c2)cc1. The minimum absolute atomic E-state index is 0.338. The Morgan fingerprint density at radius 1 is 0.222 bits per heavy atom. The average Bonchev–Trinajstić information content (AvgIpc) is 0.822. The van der Waals surface area contributed by atoms with Crippen LogP contribution in [0.25, 0.3) is 10.8 Å². The van der Waals surface area contributed by atoms with E-state index in [1.54, 1.807) is 310 Å². The van der Waals surface area contributed by atoms with Crippen LogP contribution in [0.2, 0.25) is 0 Å². The van der Waals surface area contributed by atoms with Crippen molar-refractivity contribution in [1.29, 1.82) is 0 Å². The van der Waals surface area contributed by atoms with E-state index in [1.165, 1.54) is 0 Å². The quantitative estimate of drug-likeness (QED) is 0.0452. The molecule has 0 aliphatic heterocycles.